The minimum Gasteiger partial charge on any atom is -0.486 e. The number of ether oxygens (including phenoxy) is 2. The molecule has 0 amide bonds. The van der Waals surface area contributed by atoms with Gasteiger partial charge in [0.2, 0.25) is 0 Å². The largest absolute Gasteiger partial charge is 0.486 e. The quantitative estimate of drug-likeness (QED) is 0.942. The maximum atomic E-state index is 10.3. The fourth-order valence-corrected chi connectivity index (χ4v) is 2.55. The molecule has 20 heavy (non-hydrogen) atoms. The molecule has 1 N–H and O–H groups in total. The van der Waals surface area contributed by atoms with E-state index in [1.807, 2.05) is 30.3 Å². The van der Waals surface area contributed by atoms with E-state index >= 15 is 0 Å². The minimum absolute atomic E-state index is 0.476. The van der Waals surface area contributed by atoms with E-state index in [1.54, 1.807) is 12.1 Å². The van der Waals surface area contributed by atoms with Crippen LogP contribution >= 0.6 is 11.6 Å². The molecular weight excluding hydrogens is 276 g/mol. The summed E-state index contributed by atoms with van der Waals surface area (Å²) in [5, 5.41) is 10.8. The first kappa shape index (κ1) is 13.3. The summed E-state index contributed by atoms with van der Waals surface area (Å²) < 4.78 is 11.0. The third kappa shape index (κ3) is 2.74. The summed E-state index contributed by atoms with van der Waals surface area (Å²) >= 11 is 6.18. The van der Waals surface area contributed by atoms with Crippen LogP contribution in [0.25, 0.3) is 0 Å². The molecular formula is C16H15ClO3. The summed E-state index contributed by atoms with van der Waals surface area (Å²) in [6.07, 6.45) is -0.0812. The van der Waals surface area contributed by atoms with E-state index in [4.69, 9.17) is 21.1 Å². The van der Waals surface area contributed by atoms with Gasteiger partial charge in [0.1, 0.15) is 13.2 Å². The van der Waals surface area contributed by atoms with Crippen LogP contribution in [0.5, 0.6) is 11.5 Å². The zero-order chi connectivity index (χ0) is 13.9. The van der Waals surface area contributed by atoms with Gasteiger partial charge in [-0.05, 0) is 23.3 Å². The first-order valence-electron chi connectivity index (χ1n) is 6.55. The second kappa shape index (κ2) is 5.73. The van der Waals surface area contributed by atoms with E-state index in [0.717, 1.165) is 11.1 Å². The smallest absolute Gasteiger partial charge is 0.179 e. The van der Waals surface area contributed by atoms with Gasteiger partial charge in [0.05, 0.1) is 11.1 Å². The highest BCUT2D eigenvalue weighted by Gasteiger charge is 2.19. The molecule has 0 spiro atoms. The molecule has 4 heteroatoms. The Balaban J connectivity index is 1.85. The zero-order valence-corrected chi connectivity index (χ0v) is 11.6. The lowest BCUT2D eigenvalue weighted by atomic mass is 10.0. The van der Waals surface area contributed by atoms with E-state index in [-0.39, 0.29) is 0 Å². The van der Waals surface area contributed by atoms with E-state index in [1.165, 1.54) is 0 Å². The van der Waals surface area contributed by atoms with Crippen molar-refractivity contribution in [2.24, 2.45) is 0 Å². The summed E-state index contributed by atoms with van der Waals surface area (Å²) in [6, 6.07) is 13.4. The van der Waals surface area contributed by atoms with E-state index in [0.29, 0.717) is 36.2 Å². The van der Waals surface area contributed by atoms with E-state index in [2.05, 4.69) is 0 Å². The topological polar surface area (TPSA) is 38.7 Å². The van der Waals surface area contributed by atoms with Gasteiger partial charge >= 0.3 is 0 Å². The highest BCUT2D eigenvalue weighted by molar-refractivity contribution is 6.32. The van der Waals surface area contributed by atoms with Crippen LogP contribution in [0.4, 0.5) is 0 Å². The summed E-state index contributed by atoms with van der Waals surface area (Å²) in [5.74, 6) is 1.17. The molecule has 0 aromatic heterocycles. The molecule has 0 saturated heterocycles. The lowest BCUT2D eigenvalue weighted by Crippen LogP contribution is -2.16. The number of rotatable bonds is 3. The molecule has 0 fully saturated rings. The van der Waals surface area contributed by atoms with Crippen LogP contribution in [0.2, 0.25) is 5.02 Å². The monoisotopic (exact) mass is 290 g/mol. The highest BCUT2D eigenvalue weighted by Crippen LogP contribution is 2.40. The van der Waals surface area contributed by atoms with Crippen molar-refractivity contribution in [2.45, 2.75) is 12.5 Å². The minimum atomic E-state index is -0.620. The Bertz CT molecular complexity index is 598. The third-order valence-corrected chi connectivity index (χ3v) is 3.56. The second-order valence-electron chi connectivity index (χ2n) is 4.73. The summed E-state index contributed by atoms with van der Waals surface area (Å²) in [5.41, 5.74) is 1.81. The molecule has 0 saturated carbocycles. The Morgan fingerprint density at radius 3 is 2.65 bits per heavy atom. The molecule has 1 atom stereocenters. The van der Waals surface area contributed by atoms with Crippen LogP contribution in [0, 0.1) is 0 Å². The van der Waals surface area contributed by atoms with Crippen LogP contribution in [-0.2, 0) is 6.42 Å². The molecule has 0 aliphatic carbocycles. The van der Waals surface area contributed by atoms with Gasteiger partial charge in [0.15, 0.2) is 11.5 Å². The fraction of sp³-hybridized carbons (Fsp3) is 0.250. The summed E-state index contributed by atoms with van der Waals surface area (Å²) in [6.45, 7) is 1.00. The van der Waals surface area contributed by atoms with Crippen LogP contribution in [0.3, 0.4) is 0 Å². The van der Waals surface area contributed by atoms with Crippen molar-refractivity contribution in [3.63, 3.8) is 0 Å². The number of aliphatic hydroxyl groups excluding tert-OH is 1. The molecule has 3 rings (SSSR count). The molecule has 0 radical (unpaired) electrons. The lowest BCUT2D eigenvalue weighted by Gasteiger charge is -2.21. The van der Waals surface area contributed by atoms with Gasteiger partial charge in [-0.3, -0.25) is 0 Å². The standard InChI is InChI=1S/C16H15ClO3/c17-13-9-12(10-15-16(13)20-7-6-19-15)14(18)8-11-4-2-1-3-5-11/h1-5,9-10,14,18H,6-8H2. The van der Waals surface area contributed by atoms with Crippen molar-refractivity contribution < 1.29 is 14.6 Å². The first-order chi connectivity index (χ1) is 9.74. The number of benzene rings is 2. The zero-order valence-electron chi connectivity index (χ0n) is 10.9. The number of fused-ring (bicyclic) bond motifs is 1. The molecule has 3 nitrogen and oxygen atoms in total. The van der Waals surface area contributed by atoms with Gasteiger partial charge in [0.25, 0.3) is 0 Å². The second-order valence-corrected chi connectivity index (χ2v) is 5.14. The average molecular weight is 291 g/mol. The lowest BCUT2D eigenvalue weighted by molar-refractivity contribution is 0.164. The van der Waals surface area contributed by atoms with Crippen LogP contribution in [0.1, 0.15) is 17.2 Å². The van der Waals surface area contributed by atoms with Crippen molar-refractivity contribution in [3.8, 4) is 11.5 Å². The van der Waals surface area contributed by atoms with Crippen LogP contribution < -0.4 is 9.47 Å². The summed E-state index contributed by atoms with van der Waals surface area (Å²) in [7, 11) is 0. The van der Waals surface area contributed by atoms with Crippen LogP contribution in [0.15, 0.2) is 42.5 Å². The number of hydrogen-bond acceptors (Lipinski definition) is 3. The van der Waals surface area contributed by atoms with Crippen LogP contribution in [-0.4, -0.2) is 18.3 Å². The molecule has 1 unspecified atom stereocenters. The molecule has 2 aromatic carbocycles. The first-order valence-corrected chi connectivity index (χ1v) is 6.93. The predicted octanol–water partition coefficient (Wildman–Crippen LogP) is 3.39. The molecule has 1 heterocycles. The SMILES string of the molecule is OC(Cc1ccccc1)c1cc(Cl)c2c(c1)OCCO2. The fourth-order valence-electron chi connectivity index (χ4n) is 2.28. The Morgan fingerprint density at radius 1 is 1.10 bits per heavy atom. The highest BCUT2D eigenvalue weighted by atomic mass is 35.5. The maximum Gasteiger partial charge on any atom is 0.179 e. The molecule has 0 bridgehead atoms. The maximum absolute atomic E-state index is 10.3. The van der Waals surface area contributed by atoms with E-state index < -0.39 is 6.10 Å². The van der Waals surface area contributed by atoms with Gasteiger partial charge in [-0.15, -0.1) is 0 Å². The van der Waals surface area contributed by atoms with Crippen molar-refractivity contribution in [1.29, 1.82) is 0 Å². The normalized spacial score (nSPS) is 14.9. The molecule has 2 aromatic rings. The number of aliphatic hydroxyl groups is 1. The van der Waals surface area contributed by atoms with Gasteiger partial charge in [-0.1, -0.05) is 41.9 Å². The van der Waals surface area contributed by atoms with Gasteiger partial charge < -0.3 is 14.6 Å². The Morgan fingerprint density at radius 2 is 1.85 bits per heavy atom. The van der Waals surface area contributed by atoms with Crippen molar-refractivity contribution in [3.05, 3.63) is 58.6 Å². The predicted molar refractivity (Wildman–Crippen MR) is 77.5 cm³/mol. The van der Waals surface area contributed by atoms with Crippen molar-refractivity contribution in [1.82, 2.24) is 0 Å². The van der Waals surface area contributed by atoms with Gasteiger partial charge in [0, 0.05) is 6.42 Å². The van der Waals surface area contributed by atoms with Crippen molar-refractivity contribution >= 4 is 11.6 Å². The number of hydrogen-bond donors (Lipinski definition) is 1. The molecule has 1 aliphatic rings. The average Bonchev–Trinajstić information content (AvgIpc) is 2.48. The Labute approximate surface area is 122 Å². The Hall–Kier alpha value is -1.71. The third-order valence-electron chi connectivity index (χ3n) is 3.28. The van der Waals surface area contributed by atoms with Crippen molar-refractivity contribution in [2.75, 3.05) is 13.2 Å². The van der Waals surface area contributed by atoms with Gasteiger partial charge in [-0.2, -0.15) is 0 Å². The Kier molecular flexibility index (Phi) is 3.81. The number of halogens is 1. The molecule has 104 valence electrons. The molecule has 1 aliphatic heterocycles. The summed E-state index contributed by atoms with van der Waals surface area (Å²) in [4.78, 5) is 0. The van der Waals surface area contributed by atoms with E-state index in [9.17, 15) is 5.11 Å². The van der Waals surface area contributed by atoms with Gasteiger partial charge in [-0.25, -0.2) is 0 Å².